The fourth-order valence-corrected chi connectivity index (χ4v) is 4.73. The Morgan fingerprint density at radius 2 is 0.979 bits per heavy atom. The molecule has 2 atom stereocenters. The zero-order chi connectivity index (χ0) is 35.2. The molecule has 48 heavy (non-hydrogen) atoms. The molecular weight excluding hydrogens is 636 g/mol. The van der Waals surface area contributed by atoms with Crippen molar-refractivity contribution in [2.24, 2.45) is 23.6 Å². The highest BCUT2D eigenvalue weighted by Crippen LogP contribution is 2.24. The Labute approximate surface area is 281 Å². The lowest BCUT2D eigenvalue weighted by atomic mass is 9.88. The summed E-state index contributed by atoms with van der Waals surface area (Å²) in [5, 5.41) is 13.5. The molecule has 1 fully saturated rings. The topological polar surface area (TPSA) is 279 Å². The van der Waals surface area contributed by atoms with Crippen LogP contribution in [0.25, 0.3) is 0 Å². The highest BCUT2D eigenvalue weighted by atomic mass is 16.6. The molecule has 11 N–H and O–H groups in total. The lowest BCUT2D eigenvalue weighted by Gasteiger charge is -2.25. The average Bonchev–Trinajstić information content (AvgIpc) is 3.09. The van der Waals surface area contributed by atoms with E-state index in [1.54, 1.807) is 0 Å². The van der Waals surface area contributed by atoms with Gasteiger partial charge in [0.2, 0.25) is 29.5 Å². The van der Waals surface area contributed by atoms with Crippen LogP contribution in [0.2, 0.25) is 0 Å². The molecule has 0 saturated heterocycles. The third-order valence-electron chi connectivity index (χ3n) is 7.28. The monoisotopic (exact) mass is 692 g/mol. The Hall–Kier alpha value is -3.01. The highest BCUT2D eigenvalue weighted by molar-refractivity contribution is 5.90. The van der Waals surface area contributed by atoms with Gasteiger partial charge in [-0.15, -0.1) is 0 Å². The number of ether oxygens (including phenoxy) is 3. The summed E-state index contributed by atoms with van der Waals surface area (Å²) in [6.07, 6.45) is 4.18. The molecule has 0 aromatic rings. The number of amides is 5. The number of nitrogens with one attached hydrogen (secondary N) is 5. The molecule has 19 nitrogen and oxygen atoms in total. The first kappa shape index (κ1) is 43.0. The Balaban J connectivity index is 2.75. The van der Waals surface area contributed by atoms with Gasteiger partial charge in [0.05, 0.1) is 59.5 Å². The summed E-state index contributed by atoms with van der Waals surface area (Å²) >= 11 is 0. The Bertz CT molecular complexity index is 912. The molecule has 0 aromatic carbocycles. The average molecular weight is 693 g/mol. The highest BCUT2D eigenvalue weighted by Gasteiger charge is 2.28. The number of rotatable bonds is 29. The first-order valence-electron chi connectivity index (χ1n) is 16.4. The second kappa shape index (κ2) is 29.0. The summed E-state index contributed by atoms with van der Waals surface area (Å²) in [5.41, 5.74) is 0. The van der Waals surface area contributed by atoms with Crippen LogP contribution in [0.1, 0.15) is 57.8 Å². The van der Waals surface area contributed by atoms with Crippen LogP contribution >= 0.6 is 0 Å². The van der Waals surface area contributed by atoms with Crippen molar-refractivity contribution < 1.29 is 52.7 Å². The van der Waals surface area contributed by atoms with Crippen molar-refractivity contribution in [2.45, 2.75) is 69.9 Å². The molecule has 19 heteroatoms. The molecule has 0 aromatic heterocycles. The molecule has 2 unspecified atom stereocenters. The van der Waals surface area contributed by atoms with E-state index in [0.29, 0.717) is 0 Å². The smallest absolute Gasteiger partial charge is 0.242 e. The van der Waals surface area contributed by atoms with E-state index in [0.717, 1.165) is 32.1 Å². The predicted octanol–water partition coefficient (Wildman–Crippen LogP) is -2.83. The SMILES string of the molecule is NOCCOCCNC(=O)CCC(NC(=O)CCC(NC(=O)C1CCCCC1)C(=O)NCCOCCON)C(=O)NCCOCCON. The van der Waals surface area contributed by atoms with Gasteiger partial charge in [-0.1, -0.05) is 19.3 Å². The summed E-state index contributed by atoms with van der Waals surface area (Å²) in [6, 6.07) is -2.03. The quantitative estimate of drug-likeness (QED) is 0.0290. The third kappa shape index (κ3) is 21.8. The molecule has 278 valence electrons. The summed E-state index contributed by atoms with van der Waals surface area (Å²) in [6.45, 7) is 2.53. The number of hydrogen-bond acceptors (Lipinski definition) is 14. The van der Waals surface area contributed by atoms with E-state index in [-0.39, 0.29) is 123 Å². The van der Waals surface area contributed by atoms with E-state index in [1.165, 1.54) is 0 Å². The van der Waals surface area contributed by atoms with E-state index < -0.39 is 29.8 Å². The van der Waals surface area contributed by atoms with Crippen LogP contribution in [0, 0.1) is 5.92 Å². The van der Waals surface area contributed by atoms with E-state index >= 15 is 0 Å². The molecule has 5 amide bonds. The van der Waals surface area contributed by atoms with Gasteiger partial charge in [-0.05, 0) is 25.7 Å². The second-order valence-corrected chi connectivity index (χ2v) is 11.0. The van der Waals surface area contributed by atoms with Gasteiger partial charge in [0.1, 0.15) is 12.1 Å². The van der Waals surface area contributed by atoms with Crippen LogP contribution < -0.4 is 44.3 Å². The van der Waals surface area contributed by atoms with Crippen LogP contribution in [0.3, 0.4) is 0 Å². The fraction of sp³-hybridized carbons (Fsp3) is 0.828. The lowest BCUT2D eigenvalue weighted by molar-refractivity contribution is -0.133. The minimum atomic E-state index is -1.05. The van der Waals surface area contributed by atoms with Crippen molar-refractivity contribution in [2.75, 3.05) is 79.1 Å². The van der Waals surface area contributed by atoms with Crippen LogP contribution in [0.5, 0.6) is 0 Å². The van der Waals surface area contributed by atoms with E-state index in [2.05, 4.69) is 41.1 Å². The van der Waals surface area contributed by atoms with Gasteiger partial charge in [-0.3, -0.25) is 24.0 Å². The van der Waals surface area contributed by atoms with Crippen molar-refractivity contribution in [1.82, 2.24) is 26.6 Å². The standard InChI is InChI=1S/C29H56N8O11/c30-46-19-16-43-13-10-33-25(38)8-6-23(28(41)34-11-14-44-17-20-47-31)36-26(39)9-7-24(29(42)35-12-15-45-18-21-48-32)37-27(40)22-4-2-1-3-5-22/h22-24H,1-21,30-32H2,(H,33,38)(H,34,41)(H,35,42)(H,36,39)(H,37,40). The van der Waals surface area contributed by atoms with Gasteiger partial charge in [0.15, 0.2) is 0 Å². The largest absolute Gasteiger partial charge is 0.377 e. The van der Waals surface area contributed by atoms with Crippen molar-refractivity contribution in [3.63, 3.8) is 0 Å². The second-order valence-electron chi connectivity index (χ2n) is 11.0. The van der Waals surface area contributed by atoms with Gasteiger partial charge < -0.3 is 55.3 Å². The first-order valence-corrected chi connectivity index (χ1v) is 16.4. The van der Waals surface area contributed by atoms with Crippen molar-refractivity contribution in [3.05, 3.63) is 0 Å². The molecule has 0 bridgehead atoms. The van der Waals surface area contributed by atoms with E-state index in [4.69, 9.17) is 31.9 Å². The van der Waals surface area contributed by atoms with Gasteiger partial charge in [0, 0.05) is 38.4 Å². The number of hydrogen-bond donors (Lipinski definition) is 8. The minimum absolute atomic E-state index is 0.00464. The lowest BCUT2D eigenvalue weighted by Crippen LogP contribution is -2.51. The van der Waals surface area contributed by atoms with E-state index in [1.807, 2.05) is 0 Å². The molecule has 1 rings (SSSR count). The zero-order valence-electron chi connectivity index (χ0n) is 27.8. The first-order chi connectivity index (χ1) is 23.3. The van der Waals surface area contributed by atoms with Crippen LogP contribution in [-0.2, 0) is 52.7 Å². The van der Waals surface area contributed by atoms with Gasteiger partial charge in [0.25, 0.3) is 0 Å². The molecule has 0 radical (unpaired) electrons. The summed E-state index contributed by atoms with van der Waals surface area (Å²) in [5.74, 6) is 12.6. The van der Waals surface area contributed by atoms with Gasteiger partial charge in [-0.25, -0.2) is 17.7 Å². The maximum Gasteiger partial charge on any atom is 0.242 e. The van der Waals surface area contributed by atoms with Crippen molar-refractivity contribution >= 4 is 29.5 Å². The van der Waals surface area contributed by atoms with Crippen molar-refractivity contribution in [3.8, 4) is 0 Å². The maximum atomic E-state index is 13.1. The fourth-order valence-electron chi connectivity index (χ4n) is 4.73. The minimum Gasteiger partial charge on any atom is -0.377 e. The normalized spacial score (nSPS) is 14.5. The molecule has 1 saturated carbocycles. The van der Waals surface area contributed by atoms with Gasteiger partial charge >= 0.3 is 0 Å². The zero-order valence-corrected chi connectivity index (χ0v) is 27.8. The third-order valence-corrected chi connectivity index (χ3v) is 7.28. The molecule has 1 aliphatic rings. The van der Waals surface area contributed by atoms with Crippen LogP contribution in [-0.4, -0.2) is 121 Å². The summed E-state index contributed by atoms with van der Waals surface area (Å²) in [4.78, 5) is 77.7. The van der Waals surface area contributed by atoms with E-state index in [9.17, 15) is 24.0 Å². The molecule has 0 heterocycles. The van der Waals surface area contributed by atoms with Crippen LogP contribution in [0.4, 0.5) is 0 Å². The molecule has 1 aliphatic carbocycles. The Kier molecular flexibility index (Phi) is 25.9. The predicted molar refractivity (Wildman–Crippen MR) is 171 cm³/mol. The summed E-state index contributed by atoms with van der Waals surface area (Å²) < 4.78 is 15.8. The molecule has 0 aliphatic heterocycles. The molecular formula is C29H56N8O11. The Morgan fingerprint density at radius 1 is 0.542 bits per heavy atom. The Morgan fingerprint density at radius 3 is 1.46 bits per heavy atom. The van der Waals surface area contributed by atoms with Crippen LogP contribution in [0.15, 0.2) is 0 Å². The number of carbonyl (C=O) groups excluding carboxylic acids is 5. The molecule has 0 spiro atoms. The maximum absolute atomic E-state index is 13.1. The number of carbonyl (C=O) groups is 5. The van der Waals surface area contributed by atoms with Gasteiger partial charge in [-0.2, -0.15) is 0 Å². The van der Waals surface area contributed by atoms with Crippen molar-refractivity contribution in [1.29, 1.82) is 0 Å². The summed E-state index contributed by atoms with van der Waals surface area (Å²) in [7, 11) is 0. The number of nitrogens with two attached hydrogens (primary N) is 3.